The number of rotatable bonds is 8. The van der Waals surface area contributed by atoms with Crippen LogP contribution in [0.25, 0.3) is 10.9 Å². The molecule has 7 heteroatoms. The molecule has 1 unspecified atom stereocenters. The monoisotopic (exact) mass is 414 g/mol. The number of carbonyl (C=O) groups is 2. The standard InChI is InChI=1S/C23H34N4O3/c1-5-24-15(4)22(29)26-21(14(2)3)23(30)27-11-10-20(28)19(27)12-16-13-25-18-9-7-6-8-17(16)18/h6-9,13-15,19-21,24-25,28H,5,10-12H2,1-4H3,(H,26,29)/t15-,19-,20?,21-/m0/s1. The number of H-pyrrole nitrogens is 1. The number of aliphatic hydroxyl groups is 1. The predicted molar refractivity (Wildman–Crippen MR) is 118 cm³/mol. The maximum absolute atomic E-state index is 13.4. The molecule has 2 aromatic rings. The lowest BCUT2D eigenvalue weighted by Crippen LogP contribution is -2.56. The molecule has 1 fully saturated rings. The topological polar surface area (TPSA) is 97.5 Å². The number of amides is 2. The molecule has 30 heavy (non-hydrogen) atoms. The Morgan fingerprint density at radius 1 is 1.27 bits per heavy atom. The number of para-hydroxylation sites is 1. The molecular formula is C23H34N4O3. The molecule has 0 spiro atoms. The molecule has 1 aliphatic rings. The van der Waals surface area contributed by atoms with E-state index in [1.807, 2.05) is 51.2 Å². The molecule has 1 aromatic heterocycles. The van der Waals surface area contributed by atoms with Crippen molar-refractivity contribution in [2.75, 3.05) is 13.1 Å². The van der Waals surface area contributed by atoms with Crippen LogP contribution in [0.5, 0.6) is 0 Å². The first-order valence-electron chi connectivity index (χ1n) is 10.9. The summed E-state index contributed by atoms with van der Waals surface area (Å²) in [5, 5.41) is 17.7. The number of hydrogen-bond donors (Lipinski definition) is 4. The van der Waals surface area contributed by atoms with Crippen LogP contribution in [0.2, 0.25) is 0 Å². The van der Waals surface area contributed by atoms with Crippen LogP contribution in [0.3, 0.4) is 0 Å². The fourth-order valence-corrected chi connectivity index (χ4v) is 4.25. The molecular weight excluding hydrogens is 380 g/mol. The smallest absolute Gasteiger partial charge is 0.245 e. The van der Waals surface area contributed by atoms with Crippen LogP contribution >= 0.6 is 0 Å². The number of benzene rings is 1. The highest BCUT2D eigenvalue weighted by Gasteiger charge is 2.40. The number of aromatic nitrogens is 1. The van der Waals surface area contributed by atoms with Gasteiger partial charge in [-0.25, -0.2) is 0 Å². The molecule has 0 saturated carbocycles. The Labute approximate surface area is 178 Å². The lowest BCUT2D eigenvalue weighted by Gasteiger charge is -2.32. The number of aromatic amines is 1. The zero-order valence-corrected chi connectivity index (χ0v) is 18.3. The number of aliphatic hydroxyl groups excluding tert-OH is 1. The highest BCUT2D eigenvalue weighted by Crippen LogP contribution is 2.27. The number of nitrogens with one attached hydrogen (secondary N) is 3. The average Bonchev–Trinajstić information content (AvgIpc) is 3.30. The van der Waals surface area contributed by atoms with Gasteiger partial charge < -0.3 is 25.6 Å². The molecule has 1 aliphatic heterocycles. The van der Waals surface area contributed by atoms with E-state index < -0.39 is 12.1 Å². The van der Waals surface area contributed by atoms with Crippen LogP contribution in [0.4, 0.5) is 0 Å². The third-order valence-electron chi connectivity index (χ3n) is 6.03. The van der Waals surface area contributed by atoms with E-state index in [2.05, 4.69) is 15.6 Å². The van der Waals surface area contributed by atoms with Gasteiger partial charge in [0.1, 0.15) is 6.04 Å². The summed E-state index contributed by atoms with van der Waals surface area (Å²) in [5.41, 5.74) is 2.13. The number of hydrogen-bond acceptors (Lipinski definition) is 4. The average molecular weight is 415 g/mol. The molecule has 1 aromatic carbocycles. The Hall–Kier alpha value is -2.38. The Morgan fingerprint density at radius 2 is 2.00 bits per heavy atom. The summed E-state index contributed by atoms with van der Waals surface area (Å²) in [4.78, 5) is 31.0. The first kappa shape index (κ1) is 22.3. The van der Waals surface area contributed by atoms with Crippen molar-refractivity contribution in [2.45, 2.75) is 64.8 Å². The van der Waals surface area contributed by atoms with Crippen LogP contribution in [0.1, 0.15) is 39.7 Å². The number of likely N-dealkylation sites (N-methyl/N-ethyl adjacent to an activating group) is 1. The second-order valence-corrected chi connectivity index (χ2v) is 8.53. The molecule has 2 heterocycles. The number of fused-ring (bicyclic) bond motifs is 1. The van der Waals surface area contributed by atoms with E-state index in [0.29, 0.717) is 25.9 Å². The highest BCUT2D eigenvalue weighted by molar-refractivity contribution is 5.90. The minimum absolute atomic E-state index is 0.0539. The molecule has 2 amide bonds. The van der Waals surface area contributed by atoms with E-state index >= 15 is 0 Å². The molecule has 1 saturated heterocycles. The Bertz CT molecular complexity index is 878. The molecule has 164 valence electrons. The Kier molecular flexibility index (Phi) is 7.15. The van der Waals surface area contributed by atoms with Gasteiger partial charge in [0.05, 0.1) is 18.2 Å². The zero-order valence-electron chi connectivity index (χ0n) is 18.3. The van der Waals surface area contributed by atoms with Gasteiger partial charge in [0.2, 0.25) is 11.8 Å². The molecule has 4 atom stereocenters. The van der Waals surface area contributed by atoms with Crippen LogP contribution < -0.4 is 10.6 Å². The van der Waals surface area contributed by atoms with Crippen LogP contribution in [-0.4, -0.2) is 64.1 Å². The minimum atomic E-state index is -0.616. The van der Waals surface area contributed by atoms with Gasteiger partial charge in [0, 0.05) is 23.6 Å². The molecule has 7 nitrogen and oxygen atoms in total. The molecule has 0 bridgehead atoms. The predicted octanol–water partition coefficient (Wildman–Crippen LogP) is 1.81. The van der Waals surface area contributed by atoms with Crippen LogP contribution in [0.15, 0.2) is 30.5 Å². The van der Waals surface area contributed by atoms with E-state index in [0.717, 1.165) is 16.5 Å². The lowest BCUT2D eigenvalue weighted by molar-refractivity contribution is -0.139. The second kappa shape index (κ2) is 9.62. The van der Waals surface area contributed by atoms with Crippen molar-refractivity contribution in [1.82, 2.24) is 20.5 Å². The fraction of sp³-hybridized carbons (Fsp3) is 0.565. The molecule has 0 aliphatic carbocycles. The van der Waals surface area contributed by atoms with Crippen molar-refractivity contribution in [1.29, 1.82) is 0 Å². The first-order chi connectivity index (χ1) is 14.3. The van der Waals surface area contributed by atoms with Crippen molar-refractivity contribution >= 4 is 22.7 Å². The summed E-state index contributed by atoms with van der Waals surface area (Å²) in [7, 11) is 0. The third kappa shape index (κ3) is 4.68. The van der Waals surface area contributed by atoms with E-state index in [-0.39, 0.29) is 29.8 Å². The van der Waals surface area contributed by atoms with Crippen LogP contribution in [-0.2, 0) is 16.0 Å². The van der Waals surface area contributed by atoms with Crippen molar-refractivity contribution in [2.24, 2.45) is 5.92 Å². The molecule has 3 rings (SSSR count). The van der Waals surface area contributed by atoms with Gasteiger partial charge in [-0.15, -0.1) is 0 Å². The van der Waals surface area contributed by atoms with Gasteiger partial charge in [-0.05, 0) is 43.9 Å². The SMILES string of the molecule is CCN[C@@H](C)C(=O)N[C@H](C(=O)N1CCC(O)[C@@H]1Cc1c[nH]c2ccccc12)C(C)C. The normalized spacial score (nSPS) is 21.2. The van der Waals surface area contributed by atoms with Crippen molar-refractivity contribution < 1.29 is 14.7 Å². The quantitative estimate of drug-likeness (QED) is 0.530. The Balaban J connectivity index is 1.77. The fourth-order valence-electron chi connectivity index (χ4n) is 4.25. The number of nitrogens with zero attached hydrogens (tertiary/aromatic N) is 1. The summed E-state index contributed by atoms with van der Waals surface area (Å²) < 4.78 is 0. The van der Waals surface area contributed by atoms with Gasteiger partial charge in [-0.2, -0.15) is 0 Å². The van der Waals surface area contributed by atoms with E-state index in [4.69, 9.17) is 0 Å². The van der Waals surface area contributed by atoms with Crippen molar-refractivity contribution in [3.8, 4) is 0 Å². The van der Waals surface area contributed by atoms with E-state index in [1.165, 1.54) is 0 Å². The van der Waals surface area contributed by atoms with Gasteiger partial charge in [0.25, 0.3) is 0 Å². The van der Waals surface area contributed by atoms with Gasteiger partial charge in [0.15, 0.2) is 0 Å². The molecule has 0 radical (unpaired) electrons. The molecule has 4 N–H and O–H groups in total. The highest BCUT2D eigenvalue weighted by atomic mass is 16.3. The van der Waals surface area contributed by atoms with Crippen molar-refractivity contribution in [3.63, 3.8) is 0 Å². The van der Waals surface area contributed by atoms with Gasteiger partial charge in [-0.1, -0.05) is 39.0 Å². The largest absolute Gasteiger partial charge is 0.391 e. The first-order valence-corrected chi connectivity index (χ1v) is 10.9. The van der Waals surface area contributed by atoms with E-state index in [9.17, 15) is 14.7 Å². The maximum Gasteiger partial charge on any atom is 0.245 e. The summed E-state index contributed by atoms with van der Waals surface area (Å²) in [6.07, 6.45) is 2.50. The van der Waals surface area contributed by atoms with Crippen LogP contribution in [0, 0.1) is 5.92 Å². The van der Waals surface area contributed by atoms with E-state index in [1.54, 1.807) is 11.8 Å². The third-order valence-corrected chi connectivity index (χ3v) is 6.03. The lowest BCUT2D eigenvalue weighted by atomic mass is 9.98. The zero-order chi connectivity index (χ0) is 21.8. The number of carbonyl (C=O) groups excluding carboxylic acids is 2. The number of likely N-dealkylation sites (tertiary alicyclic amines) is 1. The maximum atomic E-state index is 13.4. The van der Waals surface area contributed by atoms with Crippen molar-refractivity contribution in [3.05, 3.63) is 36.0 Å². The Morgan fingerprint density at radius 3 is 2.70 bits per heavy atom. The second-order valence-electron chi connectivity index (χ2n) is 8.53. The van der Waals surface area contributed by atoms with Gasteiger partial charge >= 0.3 is 0 Å². The van der Waals surface area contributed by atoms with Gasteiger partial charge in [-0.3, -0.25) is 9.59 Å². The summed E-state index contributed by atoms with van der Waals surface area (Å²) in [6, 6.07) is 6.75. The summed E-state index contributed by atoms with van der Waals surface area (Å²) in [5.74, 6) is -0.359. The summed E-state index contributed by atoms with van der Waals surface area (Å²) in [6.45, 7) is 8.77. The minimum Gasteiger partial charge on any atom is -0.391 e. The summed E-state index contributed by atoms with van der Waals surface area (Å²) >= 11 is 0.